The zero-order valence-electron chi connectivity index (χ0n) is 13.9. The first kappa shape index (κ1) is 16.8. The summed E-state index contributed by atoms with van der Waals surface area (Å²) in [4.78, 5) is 23.1. The number of carbonyl (C=O) groups is 1. The highest BCUT2D eigenvalue weighted by Gasteiger charge is 2.13. The van der Waals surface area contributed by atoms with Crippen molar-refractivity contribution < 1.29 is 4.79 Å². The molecule has 1 amide bonds. The number of para-hydroxylation sites is 1. The van der Waals surface area contributed by atoms with E-state index in [1.807, 2.05) is 37.3 Å². The molecule has 0 bridgehead atoms. The Morgan fingerprint density at radius 1 is 1.21 bits per heavy atom. The fraction of sp³-hybridized carbons (Fsp3) is 0.389. The molecule has 2 aromatic rings. The topological polar surface area (TPSA) is 58.1 Å². The molecule has 0 unspecified atom stereocenters. The molecular weight excluding hydrogens is 320 g/mol. The predicted octanol–water partition coefficient (Wildman–Crippen LogP) is 3.51. The van der Waals surface area contributed by atoms with Crippen molar-refractivity contribution in [2.75, 3.05) is 29.1 Å². The van der Waals surface area contributed by atoms with E-state index in [4.69, 9.17) is 0 Å². The number of hydrogen-bond acceptors (Lipinski definition) is 5. The van der Waals surface area contributed by atoms with Crippen LogP contribution in [0.4, 0.5) is 11.5 Å². The molecule has 1 aliphatic heterocycles. The van der Waals surface area contributed by atoms with Gasteiger partial charge in [0.15, 0.2) is 0 Å². The number of nitrogens with one attached hydrogen (secondary N) is 1. The van der Waals surface area contributed by atoms with Gasteiger partial charge in [0.1, 0.15) is 17.2 Å². The second kappa shape index (κ2) is 8.15. The van der Waals surface area contributed by atoms with E-state index in [9.17, 15) is 4.79 Å². The van der Waals surface area contributed by atoms with Gasteiger partial charge in [-0.2, -0.15) is 0 Å². The van der Waals surface area contributed by atoms with Gasteiger partial charge in [0.2, 0.25) is 5.91 Å². The van der Waals surface area contributed by atoms with E-state index >= 15 is 0 Å². The smallest absolute Gasteiger partial charge is 0.234 e. The van der Waals surface area contributed by atoms with E-state index < -0.39 is 0 Å². The molecule has 1 N–H and O–H groups in total. The zero-order valence-corrected chi connectivity index (χ0v) is 14.7. The number of carbonyl (C=O) groups excluding carboxylic acids is 1. The Hall–Kier alpha value is -2.08. The fourth-order valence-corrected chi connectivity index (χ4v) is 3.41. The summed E-state index contributed by atoms with van der Waals surface area (Å²) in [7, 11) is 0. The van der Waals surface area contributed by atoms with Gasteiger partial charge < -0.3 is 10.2 Å². The molecule has 5 nitrogen and oxygen atoms in total. The van der Waals surface area contributed by atoms with Crippen molar-refractivity contribution in [2.24, 2.45) is 0 Å². The largest absolute Gasteiger partial charge is 0.356 e. The van der Waals surface area contributed by atoms with Crippen molar-refractivity contribution in [3.05, 3.63) is 42.2 Å². The van der Waals surface area contributed by atoms with Crippen LogP contribution in [-0.4, -0.2) is 34.7 Å². The maximum Gasteiger partial charge on any atom is 0.234 e. The number of nitrogens with zero attached hydrogens (tertiary/aromatic N) is 3. The molecule has 1 fully saturated rings. The maximum absolute atomic E-state index is 12.1. The average molecular weight is 342 g/mol. The quantitative estimate of drug-likeness (QED) is 0.666. The molecular formula is C18H22N4OS. The molecule has 1 aromatic carbocycles. The van der Waals surface area contributed by atoms with Crippen LogP contribution in [-0.2, 0) is 4.79 Å². The van der Waals surface area contributed by atoms with Crippen molar-refractivity contribution >= 4 is 29.2 Å². The Morgan fingerprint density at radius 3 is 2.79 bits per heavy atom. The van der Waals surface area contributed by atoms with Crippen molar-refractivity contribution in [1.82, 2.24) is 9.97 Å². The van der Waals surface area contributed by atoms with Crippen LogP contribution in [0.25, 0.3) is 0 Å². The normalized spacial score (nSPS) is 14.5. The molecule has 1 saturated heterocycles. The molecule has 0 atom stereocenters. The lowest BCUT2D eigenvalue weighted by atomic mass is 10.1. The SMILES string of the molecule is Cc1ccccc1NC(=O)CSc1cc(N2CCCCC2)ncn1. The highest BCUT2D eigenvalue weighted by atomic mass is 32.2. The Morgan fingerprint density at radius 2 is 2.00 bits per heavy atom. The van der Waals surface area contributed by atoms with Gasteiger partial charge in [-0.05, 0) is 37.8 Å². The fourth-order valence-electron chi connectivity index (χ4n) is 2.74. The molecule has 0 radical (unpaired) electrons. The second-order valence-corrected chi connectivity index (χ2v) is 6.91. The van der Waals surface area contributed by atoms with E-state index in [1.54, 1.807) is 6.33 Å². The molecule has 126 valence electrons. The van der Waals surface area contributed by atoms with E-state index in [0.717, 1.165) is 35.2 Å². The average Bonchev–Trinajstić information content (AvgIpc) is 2.63. The summed E-state index contributed by atoms with van der Waals surface area (Å²) in [6, 6.07) is 9.76. The summed E-state index contributed by atoms with van der Waals surface area (Å²) >= 11 is 1.44. The Labute approximate surface area is 146 Å². The van der Waals surface area contributed by atoms with Crippen LogP contribution in [0.15, 0.2) is 41.7 Å². The Kier molecular flexibility index (Phi) is 5.69. The lowest BCUT2D eigenvalue weighted by Gasteiger charge is -2.27. The first-order chi connectivity index (χ1) is 11.7. The van der Waals surface area contributed by atoms with Gasteiger partial charge in [-0.1, -0.05) is 30.0 Å². The molecule has 0 saturated carbocycles. The molecule has 1 aliphatic rings. The molecule has 0 aliphatic carbocycles. The van der Waals surface area contributed by atoms with Crippen LogP contribution >= 0.6 is 11.8 Å². The Balaban J connectivity index is 1.56. The van der Waals surface area contributed by atoms with Gasteiger partial charge >= 0.3 is 0 Å². The van der Waals surface area contributed by atoms with Gasteiger partial charge in [-0.3, -0.25) is 4.79 Å². The van der Waals surface area contributed by atoms with Gasteiger partial charge in [-0.15, -0.1) is 0 Å². The number of hydrogen-bond donors (Lipinski definition) is 1. The monoisotopic (exact) mass is 342 g/mol. The van der Waals surface area contributed by atoms with E-state index in [2.05, 4.69) is 20.2 Å². The third-order valence-electron chi connectivity index (χ3n) is 4.08. The van der Waals surface area contributed by atoms with E-state index in [-0.39, 0.29) is 5.91 Å². The number of aromatic nitrogens is 2. The third kappa shape index (κ3) is 4.47. The van der Waals surface area contributed by atoms with Crippen LogP contribution in [0.1, 0.15) is 24.8 Å². The van der Waals surface area contributed by atoms with Crippen LogP contribution in [0, 0.1) is 6.92 Å². The molecule has 24 heavy (non-hydrogen) atoms. The molecule has 1 aromatic heterocycles. The summed E-state index contributed by atoms with van der Waals surface area (Å²) in [6.45, 7) is 4.09. The van der Waals surface area contributed by atoms with Crippen LogP contribution < -0.4 is 10.2 Å². The minimum Gasteiger partial charge on any atom is -0.356 e. The number of anilines is 2. The molecule has 3 rings (SSSR count). The zero-order chi connectivity index (χ0) is 16.8. The van der Waals surface area contributed by atoms with Crippen LogP contribution in [0.3, 0.4) is 0 Å². The number of piperidine rings is 1. The first-order valence-electron chi connectivity index (χ1n) is 8.27. The van der Waals surface area contributed by atoms with Crippen molar-refractivity contribution in [1.29, 1.82) is 0 Å². The number of benzene rings is 1. The van der Waals surface area contributed by atoms with E-state index in [0.29, 0.717) is 5.75 Å². The third-order valence-corrected chi connectivity index (χ3v) is 5.00. The lowest BCUT2D eigenvalue weighted by molar-refractivity contribution is -0.113. The van der Waals surface area contributed by atoms with E-state index in [1.165, 1.54) is 31.0 Å². The molecule has 2 heterocycles. The van der Waals surface area contributed by atoms with Gasteiger partial charge in [-0.25, -0.2) is 9.97 Å². The molecule has 6 heteroatoms. The summed E-state index contributed by atoms with van der Waals surface area (Å²) in [5, 5.41) is 3.78. The number of thioether (sulfide) groups is 1. The highest BCUT2D eigenvalue weighted by molar-refractivity contribution is 7.99. The standard InChI is InChI=1S/C18H22N4OS/c1-14-7-3-4-8-15(14)21-17(23)12-24-18-11-16(19-13-20-18)22-9-5-2-6-10-22/h3-4,7-8,11,13H,2,5-6,9-10,12H2,1H3,(H,21,23). The van der Waals surface area contributed by atoms with Gasteiger partial charge in [0, 0.05) is 24.8 Å². The van der Waals surface area contributed by atoms with Gasteiger partial charge in [0.25, 0.3) is 0 Å². The first-order valence-corrected chi connectivity index (χ1v) is 9.26. The second-order valence-electron chi connectivity index (χ2n) is 5.91. The van der Waals surface area contributed by atoms with Gasteiger partial charge in [0.05, 0.1) is 5.75 Å². The van der Waals surface area contributed by atoms with Crippen molar-refractivity contribution in [3.8, 4) is 0 Å². The summed E-state index contributed by atoms with van der Waals surface area (Å²) in [5.41, 5.74) is 1.92. The predicted molar refractivity (Wildman–Crippen MR) is 98.6 cm³/mol. The minimum absolute atomic E-state index is 0.0209. The number of amides is 1. The number of aryl methyl sites for hydroxylation is 1. The van der Waals surface area contributed by atoms with Crippen LogP contribution in [0.5, 0.6) is 0 Å². The highest BCUT2D eigenvalue weighted by Crippen LogP contribution is 2.22. The summed E-state index contributed by atoms with van der Waals surface area (Å²) in [5.74, 6) is 1.28. The summed E-state index contributed by atoms with van der Waals surface area (Å²) < 4.78 is 0. The summed E-state index contributed by atoms with van der Waals surface area (Å²) in [6.07, 6.45) is 5.31. The maximum atomic E-state index is 12.1. The van der Waals surface area contributed by atoms with Crippen molar-refractivity contribution in [2.45, 2.75) is 31.2 Å². The molecule has 0 spiro atoms. The Bertz CT molecular complexity index is 701. The minimum atomic E-state index is -0.0209. The van der Waals surface area contributed by atoms with Crippen LogP contribution in [0.2, 0.25) is 0 Å². The van der Waals surface area contributed by atoms with Crippen molar-refractivity contribution in [3.63, 3.8) is 0 Å². The lowest BCUT2D eigenvalue weighted by Crippen LogP contribution is -2.30. The number of rotatable bonds is 5.